The Bertz CT molecular complexity index is 730. The third kappa shape index (κ3) is 5.47. The van der Waals surface area contributed by atoms with Crippen LogP contribution in [-0.2, 0) is 16.1 Å². The average molecular weight is 360 g/mol. The Hall–Kier alpha value is -2.57. The third-order valence-corrected chi connectivity index (χ3v) is 4.04. The number of fused-ring (bicyclic) bond motifs is 1. The number of para-hydroxylation sites is 2. The van der Waals surface area contributed by atoms with Crippen molar-refractivity contribution in [1.29, 1.82) is 0 Å². The summed E-state index contributed by atoms with van der Waals surface area (Å²) >= 11 is 0. The minimum absolute atomic E-state index is 0.0295. The maximum absolute atomic E-state index is 12.6. The Balaban J connectivity index is 2.00. The van der Waals surface area contributed by atoms with Gasteiger partial charge >= 0.3 is 6.09 Å². The molecular formula is C19H28N4O3. The molecule has 2 aromatic rings. The smallest absolute Gasteiger partial charge is 0.408 e. The molecule has 0 fully saturated rings. The quantitative estimate of drug-likeness (QED) is 0.737. The van der Waals surface area contributed by atoms with Crippen LogP contribution in [0.1, 0.15) is 46.9 Å². The van der Waals surface area contributed by atoms with Crippen molar-refractivity contribution in [2.24, 2.45) is 5.92 Å². The fourth-order valence-electron chi connectivity index (χ4n) is 2.51. The molecule has 2 atom stereocenters. The molecule has 0 saturated heterocycles. The summed E-state index contributed by atoms with van der Waals surface area (Å²) in [5.41, 5.74) is 1.15. The number of aromatic amines is 1. The predicted octanol–water partition coefficient (Wildman–Crippen LogP) is 3.12. The van der Waals surface area contributed by atoms with Crippen molar-refractivity contribution in [2.75, 3.05) is 0 Å². The van der Waals surface area contributed by atoms with Gasteiger partial charge < -0.3 is 20.4 Å². The lowest BCUT2D eigenvalue weighted by atomic mass is 9.98. The molecule has 0 bridgehead atoms. The summed E-state index contributed by atoms with van der Waals surface area (Å²) in [6, 6.07) is 7.00. The molecule has 1 aromatic heterocycles. The monoisotopic (exact) mass is 360 g/mol. The van der Waals surface area contributed by atoms with Crippen molar-refractivity contribution in [3.05, 3.63) is 30.1 Å². The Morgan fingerprint density at radius 2 is 1.96 bits per heavy atom. The van der Waals surface area contributed by atoms with Crippen LogP contribution in [0.5, 0.6) is 0 Å². The molecule has 26 heavy (non-hydrogen) atoms. The Morgan fingerprint density at radius 3 is 2.58 bits per heavy atom. The van der Waals surface area contributed by atoms with Crippen LogP contribution in [0.25, 0.3) is 11.0 Å². The van der Waals surface area contributed by atoms with E-state index in [-0.39, 0.29) is 18.4 Å². The van der Waals surface area contributed by atoms with Crippen LogP contribution < -0.4 is 10.6 Å². The summed E-state index contributed by atoms with van der Waals surface area (Å²) < 4.78 is 5.27. The van der Waals surface area contributed by atoms with Crippen LogP contribution in [0, 0.1) is 5.92 Å². The fraction of sp³-hybridized carbons (Fsp3) is 0.526. The first-order valence-corrected chi connectivity index (χ1v) is 8.90. The molecule has 0 radical (unpaired) electrons. The van der Waals surface area contributed by atoms with Crippen molar-refractivity contribution in [3.8, 4) is 0 Å². The number of imidazole rings is 1. The number of ether oxygens (including phenoxy) is 1. The van der Waals surface area contributed by atoms with Crippen LogP contribution in [0.3, 0.4) is 0 Å². The van der Waals surface area contributed by atoms with Crippen LogP contribution in [0.2, 0.25) is 0 Å². The molecule has 3 N–H and O–H groups in total. The molecule has 1 aromatic carbocycles. The number of rotatable bonds is 6. The maximum Gasteiger partial charge on any atom is 0.408 e. The van der Waals surface area contributed by atoms with Gasteiger partial charge in [0, 0.05) is 0 Å². The van der Waals surface area contributed by atoms with E-state index in [9.17, 15) is 9.59 Å². The van der Waals surface area contributed by atoms with Crippen molar-refractivity contribution >= 4 is 23.0 Å². The second-order valence-corrected chi connectivity index (χ2v) is 7.43. The first kappa shape index (κ1) is 19.8. The van der Waals surface area contributed by atoms with Crippen molar-refractivity contribution < 1.29 is 14.3 Å². The highest BCUT2D eigenvalue weighted by atomic mass is 16.6. The lowest BCUT2D eigenvalue weighted by Crippen LogP contribution is -2.51. The van der Waals surface area contributed by atoms with Gasteiger partial charge in [0.15, 0.2) is 0 Å². The van der Waals surface area contributed by atoms with E-state index in [1.807, 2.05) is 38.1 Å². The summed E-state index contributed by atoms with van der Waals surface area (Å²) in [4.78, 5) is 32.3. The number of amides is 2. The van der Waals surface area contributed by atoms with Crippen molar-refractivity contribution in [3.63, 3.8) is 0 Å². The minimum Gasteiger partial charge on any atom is -0.444 e. The van der Waals surface area contributed by atoms with Gasteiger partial charge in [-0.05, 0) is 38.8 Å². The SMILES string of the molecule is CCC(C)[C@H](NC(=O)OC(C)(C)C)C(=O)NCc1nc2ccccc2[nH]1. The molecule has 2 amide bonds. The standard InChI is InChI=1S/C19H28N4O3/c1-6-12(2)16(23-18(25)26-19(3,4)5)17(24)20-11-15-21-13-9-7-8-10-14(13)22-15/h7-10,12,16H,6,11H2,1-5H3,(H,20,24)(H,21,22)(H,23,25)/t12?,16-/m0/s1. The molecule has 7 heteroatoms. The molecule has 7 nitrogen and oxygen atoms in total. The van der Waals surface area contributed by atoms with E-state index < -0.39 is 17.7 Å². The zero-order chi connectivity index (χ0) is 19.3. The molecular weight excluding hydrogens is 332 g/mol. The van der Waals surface area contributed by atoms with Gasteiger partial charge in [-0.2, -0.15) is 0 Å². The topological polar surface area (TPSA) is 96.1 Å². The minimum atomic E-state index is -0.667. The lowest BCUT2D eigenvalue weighted by molar-refractivity contribution is -0.124. The van der Waals surface area contributed by atoms with E-state index in [2.05, 4.69) is 20.6 Å². The van der Waals surface area contributed by atoms with Gasteiger partial charge in [0.05, 0.1) is 17.6 Å². The van der Waals surface area contributed by atoms with Gasteiger partial charge in [-0.15, -0.1) is 0 Å². The summed E-state index contributed by atoms with van der Waals surface area (Å²) in [7, 11) is 0. The summed E-state index contributed by atoms with van der Waals surface area (Å²) in [6.45, 7) is 9.51. The number of aromatic nitrogens is 2. The molecule has 1 unspecified atom stereocenters. The van der Waals surface area contributed by atoms with E-state index in [1.54, 1.807) is 20.8 Å². The zero-order valence-corrected chi connectivity index (χ0v) is 16.1. The van der Waals surface area contributed by atoms with Gasteiger partial charge in [0.25, 0.3) is 0 Å². The second kappa shape index (κ2) is 8.21. The zero-order valence-electron chi connectivity index (χ0n) is 16.1. The van der Waals surface area contributed by atoms with Gasteiger partial charge in [-0.3, -0.25) is 4.79 Å². The number of carbonyl (C=O) groups is 2. The molecule has 0 aliphatic carbocycles. The van der Waals surface area contributed by atoms with E-state index in [0.717, 1.165) is 17.5 Å². The molecule has 142 valence electrons. The third-order valence-electron chi connectivity index (χ3n) is 4.04. The first-order chi connectivity index (χ1) is 12.2. The number of hydrogen-bond acceptors (Lipinski definition) is 4. The molecule has 2 rings (SSSR count). The van der Waals surface area contributed by atoms with Gasteiger partial charge in [0.2, 0.25) is 5.91 Å². The van der Waals surface area contributed by atoms with Gasteiger partial charge in [-0.25, -0.2) is 9.78 Å². The predicted molar refractivity (Wildman–Crippen MR) is 101 cm³/mol. The maximum atomic E-state index is 12.6. The normalized spacial score (nSPS) is 13.9. The fourth-order valence-corrected chi connectivity index (χ4v) is 2.51. The Kier molecular flexibility index (Phi) is 6.23. The highest BCUT2D eigenvalue weighted by Gasteiger charge is 2.28. The molecule has 0 aliphatic rings. The lowest BCUT2D eigenvalue weighted by Gasteiger charge is -2.26. The van der Waals surface area contributed by atoms with E-state index in [4.69, 9.17) is 4.74 Å². The molecule has 0 aliphatic heterocycles. The van der Waals surface area contributed by atoms with Crippen LogP contribution in [0.15, 0.2) is 24.3 Å². The Morgan fingerprint density at radius 1 is 1.27 bits per heavy atom. The number of H-pyrrole nitrogens is 1. The largest absolute Gasteiger partial charge is 0.444 e. The number of alkyl carbamates (subject to hydrolysis) is 1. The second-order valence-electron chi connectivity index (χ2n) is 7.43. The van der Waals surface area contributed by atoms with Gasteiger partial charge in [0.1, 0.15) is 17.5 Å². The number of nitrogens with zero attached hydrogens (tertiary/aromatic N) is 1. The van der Waals surface area contributed by atoms with E-state index >= 15 is 0 Å². The highest BCUT2D eigenvalue weighted by molar-refractivity contribution is 5.86. The van der Waals surface area contributed by atoms with Crippen LogP contribution in [-0.4, -0.2) is 33.6 Å². The number of hydrogen-bond donors (Lipinski definition) is 3. The average Bonchev–Trinajstić information content (AvgIpc) is 2.98. The molecule has 0 saturated carbocycles. The first-order valence-electron chi connectivity index (χ1n) is 8.90. The summed E-state index contributed by atoms with van der Waals surface area (Å²) in [6.07, 6.45) is 0.153. The van der Waals surface area contributed by atoms with Gasteiger partial charge in [-0.1, -0.05) is 32.4 Å². The van der Waals surface area contributed by atoms with Crippen molar-refractivity contribution in [1.82, 2.24) is 20.6 Å². The number of carbonyl (C=O) groups excluding carboxylic acids is 2. The molecule has 1 heterocycles. The highest BCUT2D eigenvalue weighted by Crippen LogP contribution is 2.13. The summed E-state index contributed by atoms with van der Waals surface area (Å²) in [5, 5.41) is 5.52. The summed E-state index contributed by atoms with van der Waals surface area (Å²) in [5.74, 6) is 0.378. The van der Waals surface area contributed by atoms with Crippen LogP contribution >= 0.6 is 0 Å². The number of nitrogens with one attached hydrogen (secondary N) is 3. The number of benzene rings is 1. The molecule has 0 spiro atoms. The van der Waals surface area contributed by atoms with E-state index in [1.165, 1.54) is 0 Å². The Labute approximate surface area is 153 Å². The van der Waals surface area contributed by atoms with Crippen molar-refractivity contribution in [2.45, 2.75) is 59.2 Å². The van der Waals surface area contributed by atoms with E-state index in [0.29, 0.717) is 5.82 Å². The van der Waals surface area contributed by atoms with Crippen LogP contribution in [0.4, 0.5) is 4.79 Å².